The number of benzene rings is 4. The molecule has 1 amide bonds. The first-order chi connectivity index (χ1) is 21.2. The summed E-state index contributed by atoms with van der Waals surface area (Å²) in [5, 5.41) is 13.6. The average molecular weight is 649 g/mol. The number of para-hydroxylation sites is 1. The van der Waals surface area contributed by atoms with Gasteiger partial charge in [0.1, 0.15) is 5.75 Å². The van der Waals surface area contributed by atoms with E-state index in [-0.39, 0.29) is 16.4 Å². The Bertz CT molecular complexity index is 1840. The van der Waals surface area contributed by atoms with Gasteiger partial charge in [-0.05, 0) is 91.1 Å². The van der Waals surface area contributed by atoms with Crippen molar-refractivity contribution < 1.29 is 27.9 Å². The third-order valence-corrected chi connectivity index (χ3v) is 10.0. The molecule has 44 heavy (non-hydrogen) atoms. The Kier molecular flexibility index (Phi) is 9.94. The molecule has 0 aliphatic rings. The fourth-order valence-electron chi connectivity index (χ4n) is 4.59. The second-order valence-corrected chi connectivity index (χ2v) is 13.8. The Hall–Kier alpha value is -4.25. The number of rotatable bonds is 13. The highest BCUT2D eigenvalue weighted by molar-refractivity contribution is 7.91. The Morgan fingerprint density at radius 2 is 1.64 bits per heavy atom. The number of hydrogen-bond donors (Lipinski definition) is 2. The van der Waals surface area contributed by atoms with Crippen molar-refractivity contribution in [3.63, 3.8) is 0 Å². The van der Waals surface area contributed by atoms with E-state index < -0.39 is 27.9 Å². The van der Waals surface area contributed by atoms with Crippen LogP contribution in [-0.4, -0.2) is 42.4 Å². The molecule has 0 radical (unpaired) electrons. The van der Waals surface area contributed by atoms with Crippen LogP contribution in [0.3, 0.4) is 0 Å². The number of fused-ring (bicyclic) bond motifs is 1. The van der Waals surface area contributed by atoms with E-state index in [2.05, 4.69) is 10.3 Å². The summed E-state index contributed by atoms with van der Waals surface area (Å²) >= 11 is 7.49. The first kappa shape index (κ1) is 31.2. The van der Waals surface area contributed by atoms with Gasteiger partial charge in [-0.15, -0.1) is 11.3 Å². The number of carbonyl (C=O) groups is 2. The molecular formula is C33H29ClN2O6S2. The van der Waals surface area contributed by atoms with Gasteiger partial charge in [-0.1, -0.05) is 48.0 Å². The molecule has 2 N–H and O–H groups in total. The fraction of sp³-hybridized carbons (Fsp3) is 0.182. The van der Waals surface area contributed by atoms with Crippen molar-refractivity contribution in [3.05, 3.63) is 124 Å². The Morgan fingerprint density at radius 1 is 0.886 bits per heavy atom. The Balaban J connectivity index is 1.14. The minimum atomic E-state index is -3.43. The number of aryl methyl sites for hydroxylation is 3. The molecule has 1 aromatic heterocycles. The molecule has 226 valence electrons. The zero-order valence-electron chi connectivity index (χ0n) is 23.5. The summed E-state index contributed by atoms with van der Waals surface area (Å²) in [6, 6.07) is 27.7. The highest BCUT2D eigenvalue weighted by atomic mass is 35.5. The van der Waals surface area contributed by atoms with E-state index >= 15 is 0 Å². The van der Waals surface area contributed by atoms with E-state index in [9.17, 15) is 23.1 Å². The van der Waals surface area contributed by atoms with Crippen molar-refractivity contribution in [2.24, 2.45) is 0 Å². The van der Waals surface area contributed by atoms with Crippen molar-refractivity contribution in [2.75, 3.05) is 5.75 Å². The van der Waals surface area contributed by atoms with E-state index in [0.717, 1.165) is 32.8 Å². The Labute approximate surface area is 264 Å². The molecule has 4 aromatic carbocycles. The van der Waals surface area contributed by atoms with E-state index in [1.807, 2.05) is 30.3 Å². The van der Waals surface area contributed by atoms with E-state index in [1.54, 1.807) is 65.9 Å². The minimum Gasteiger partial charge on any atom is -0.477 e. The molecule has 1 heterocycles. The smallest absolute Gasteiger partial charge is 0.366 e. The highest BCUT2D eigenvalue weighted by Gasteiger charge is 2.23. The van der Waals surface area contributed by atoms with Crippen LogP contribution in [0, 0.1) is 0 Å². The van der Waals surface area contributed by atoms with Crippen LogP contribution >= 0.6 is 22.9 Å². The summed E-state index contributed by atoms with van der Waals surface area (Å²) in [6.07, 6.45) is 0.697. The average Bonchev–Trinajstić information content (AvgIpc) is 3.44. The number of amides is 1. The number of nitrogens with zero attached hydrogens (tertiary/aromatic N) is 1. The molecule has 0 spiro atoms. The number of carboxylic acid groups (broad SMARTS) is 1. The van der Waals surface area contributed by atoms with E-state index in [1.165, 1.54) is 12.1 Å². The lowest BCUT2D eigenvalue weighted by atomic mass is 10.1. The molecule has 0 saturated carbocycles. The molecule has 0 aliphatic heterocycles. The highest BCUT2D eigenvalue weighted by Crippen LogP contribution is 2.23. The molecule has 0 saturated heterocycles. The van der Waals surface area contributed by atoms with Crippen molar-refractivity contribution in [1.82, 2.24) is 10.3 Å². The van der Waals surface area contributed by atoms with Crippen LogP contribution < -0.4 is 10.1 Å². The number of hydrogen-bond acceptors (Lipinski definition) is 7. The maximum Gasteiger partial charge on any atom is 0.366 e. The van der Waals surface area contributed by atoms with Crippen LogP contribution in [0.25, 0.3) is 10.2 Å². The maximum absolute atomic E-state index is 12.9. The molecule has 0 aliphatic carbocycles. The molecule has 0 fully saturated rings. The van der Waals surface area contributed by atoms with Crippen LogP contribution in [0.1, 0.15) is 32.9 Å². The number of halogens is 1. The van der Waals surface area contributed by atoms with Gasteiger partial charge in [0, 0.05) is 17.0 Å². The first-order valence-corrected chi connectivity index (χ1v) is 16.7. The summed E-state index contributed by atoms with van der Waals surface area (Å²) in [4.78, 5) is 29.7. The Morgan fingerprint density at radius 3 is 2.36 bits per heavy atom. The van der Waals surface area contributed by atoms with Gasteiger partial charge < -0.3 is 15.2 Å². The lowest BCUT2D eigenvalue weighted by Crippen LogP contribution is -2.45. The molecule has 1 atom stereocenters. The largest absolute Gasteiger partial charge is 0.477 e. The minimum absolute atomic E-state index is 0.0246. The number of sulfone groups is 1. The van der Waals surface area contributed by atoms with Gasteiger partial charge in [-0.2, -0.15) is 0 Å². The van der Waals surface area contributed by atoms with Crippen LogP contribution in [0.2, 0.25) is 5.02 Å². The standard InChI is InChI=1S/C33H29ClN2O6S2/c34-25-13-17-27(18-14-25)44(40,41)20-4-6-22-10-15-26(16-11-22)42-32(33(38)39)36-31(37)24-7-3-5-23(21-24)12-19-30-35-28-8-1-2-9-29(28)43-30/h1-3,5,7-11,13-18,21,32H,4,6,12,19-20H2,(H,36,37)(H,38,39). The van der Waals surface area contributed by atoms with Crippen molar-refractivity contribution in [3.8, 4) is 5.75 Å². The maximum atomic E-state index is 12.9. The second kappa shape index (κ2) is 14.0. The van der Waals surface area contributed by atoms with E-state index in [4.69, 9.17) is 16.3 Å². The fourth-order valence-corrected chi connectivity index (χ4v) is 6.99. The normalized spacial score (nSPS) is 12.1. The molecule has 0 bridgehead atoms. The number of nitrogens with one attached hydrogen (secondary N) is 1. The van der Waals surface area contributed by atoms with Gasteiger partial charge in [-0.3, -0.25) is 4.79 Å². The summed E-state index contributed by atoms with van der Waals surface area (Å²) < 4.78 is 31.8. The number of ether oxygens (including phenoxy) is 1. The predicted molar refractivity (Wildman–Crippen MR) is 171 cm³/mol. The molecule has 5 rings (SSSR count). The number of thiazole rings is 1. The molecular weight excluding hydrogens is 620 g/mol. The first-order valence-electron chi connectivity index (χ1n) is 13.9. The van der Waals surface area contributed by atoms with Crippen molar-refractivity contribution in [1.29, 1.82) is 0 Å². The second-order valence-electron chi connectivity index (χ2n) is 10.1. The van der Waals surface area contributed by atoms with Gasteiger partial charge in [0.05, 0.1) is 25.9 Å². The topological polar surface area (TPSA) is 123 Å². The summed E-state index contributed by atoms with van der Waals surface area (Å²) in [5.41, 5.74) is 3.09. The van der Waals surface area contributed by atoms with Crippen LogP contribution in [0.4, 0.5) is 0 Å². The zero-order chi connectivity index (χ0) is 31.1. The number of carbonyl (C=O) groups excluding carboxylic acids is 1. The van der Waals surface area contributed by atoms with Gasteiger partial charge in [0.25, 0.3) is 12.1 Å². The lowest BCUT2D eigenvalue weighted by Gasteiger charge is -2.17. The summed E-state index contributed by atoms with van der Waals surface area (Å²) in [5.74, 6) is -1.69. The third kappa shape index (κ3) is 8.22. The van der Waals surface area contributed by atoms with Crippen LogP contribution in [0.15, 0.2) is 102 Å². The molecule has 5 aromatic rings. The SMILES string of the molecule is O=C(NC(Oc1ccc(CCCS(=O)(=O)c2ccc(Cl)cc2)cc1)C(=O)O)c1cccc(CCc2nc3ccccc3s2)c1. The van der Waals surface area contributed by atoms with Gasteiger partial charge in [-0.25, -0.2) is 18.2 Å². The van der Waals surface area contributed by atoms with Crippen LogP contribution in [0.5, 0.6) is 5.75 Å². The van der Waals surface area contributed by atoms with Gasteiger partial charge in [0.15, 0.2) is 9.84 Å². The van der Waals surface area contributed by atoms with E-state index in [0.29, 0.717) is 29.8 Å². The number of aromatic nitrogens is 1. The molecule has 8 nitrogen and oxygen atoms in total. The van der Waals surface area contributed by atoms with Crippen molar-refractivity contribution >= 4 is 54.9 Å². The van der Waals surface area contributed by atoms with Gasteiger partial charge in [0.2, 0.25) is 0 Å². The lowest BCUT2D eigenvalue weighted by molar-refractivity contribution is -0.146. The predicted octanol–water partition coefficient (Wildman–Crippen LogP) is 6.36. The quantitative estimate of drug-likeness (QED) is 0.142. The zero-order valence-corrected chi connectivity index (χ0v) is 25.9. The third-order valence-electron chi connectivity index (χ3n) is 6.87. The monoisotopic (exact) mass is 648 g/mol. The van der Waals surface area contributed by atoms with Crippen molar-refractivity contribution in [2.45, 2.75) is 36.8 Å². The van der Waals surface area contributed by atoms with Crippen LogP contribution in [-0.2, 0) is 33.9 Å². The number of carboxylic acids is 1. The summed E-state index contributed by atoms with van der Waals surface area (Å²) in [6.45, 7) is 0. The molecule has 1 unspecified atom stereocenters. The summed E-state index contributed by atoms with van der Waals surface area (Å²) in [7, 11) is -3.43. The van der Waals surface area contributed by atoms with Gasteiger partial charge >= 0.3 is 5.97 Å². The number of aliphatic carboxylic acids is 1. The molecule has 11 heteroatoms.